The molecule has 4 aromatic rings. The van der Waals surface area contributed by atoms with Gasteiger partial charge in [0.25, 0.3) is 0 Å². The van der Waals surface area contributed by atoms with Crippen LogP contribution in [0.1, 0.15) is 11.1 Å². The number of fused-ring (bicyclic) bond motifs is 3. The first-order valence-electron chi connectivity index (χ1n) is 7.34. The Morgan fingerprint density at radius 3 is 2.45 bits per heavy atom. The molecule has 3 heteroatoms. The van der Waals surface area contributed by atoms with Gasteiger partial charge < -0.3 is 5.32 Å². The van der Waals surface area contributed by atoms with E-state index >= 15 is 0 Å². The molecule has 0 aliphatic heterocycles. The van der Waals surface area contributed by atoms with Gasteiger partial charge in [-0.1, -0.05) is 59.9 Å². The summed E-state index contributed by atoms with van der Waals surface area (Å²) < 4.78 is 1.24. The molecule has 1 heterocycles. The van der Waals surface area contributed by atoms with Gasteiger partial charge >= 0.3 is 0 Å². The number of aryl methyl sites for hydroxylation is 2. The predicted molar refractivity (Wildman–Crippen MR) is 96.3 cm³/mol. The Hall–Kier alpha value is -2.39. The van der Waals surface area contributed by atoms with Crippen LogP contribution in [0.15, 0.2) is 54.6 Å². The Morgan fingerprint density at radius 2 is 1.64 bits per heavy atom. The lowest BCUT2D eigenvalue weighted by Crippen LogP contribution is -1.94. The van der Waals surface area contributed by atoms with Gasteiger partial charge in [0.15, 0.2) is 5.13 Å². The number of benzene rings is 3. The Kier molecular flexibility index (Phi) is 3.09. The summed E-state index contributed by atoms with van der Waals surface area (Å²) >= 11 is 1.72. The highest BCUT2D eigenvalue weighted by atomic mass is 32.1. The molecule has 0 amide bonds. The molecular formula is C19H16N2S. The molecule has 0 atom stereocenters. The van der Waals surface area contributed by atoms with Crippen LogP contribution < -0.4 is 5.32 Å². The second-order valence-electron chi connectivity index (χ2n) is 5.55. The first-order chi connectivity index (χ1) is 10.7. The Balaban J connectivity index is 1.85. The smallest absolute Gasteiger partial charge is 0.188 e. The average Bonchev–Trinajstić information content (AvgIpc) is 2.94. The van der Waals surface area contributed by atoms with E-state index in [1.165, 1.54) is 26.6 Å². The molecule has 0 fully saturated rings. The number of nitrogens with zero attached hydrogens (tertiary/aromatic N) is 1. The van der Waals surface area contributed by atoms with E-state index < -0.39 is 0 Å². The number of hydrogen-bond donors (Lipinski definition) is 1. The zero-order chi connectivity index (χ0) is 15.1. The first-order valence-corrected chi connectivity index (χ1v) is 8.15. The molecule has 0 saturated carbocycles. The van der Waals surface area contributed by atoms with Gasteiger partial charge in [0.1, 0.15) is 0 Å². The summed E-state index contributed by atoms with van der Waals surface area (Å²) in [6.07, 6.45) is 0. The normalized spacial score (nSPS) is 11.2. The van der Waals surface area contributed by atoms with Crippen LogP contribution in [0, 0.1) is 13.8 Å². The first kappa shape index (κ1) is 13.3. The van der Waals surface area contributed by atoms with Crippen molar-refractivity contribution in [3.8, 4) is 0 Å². The van der Waals surface area contributed by atoms with Gasteiger partial charge in [-0.05, 0) is 36.4 Å². The monoisotopic (exact) mass is 304 g/mol. The fourth-order valence-electron chi connectivity index (χ4n) is 2.83. The van der Waals surface area contributed by atoms with E-state index in [0.717, 1.165) is 16.3 Å². The van der Waals surface area contributed by atoms with Crippen LogP contribution in [0.25, 0.3) is 21.0 Å². The second kappa shape index (κ2) is 5.11. The summed E-state index contributed by atoms with van der Waals surface area (Å²) in [6, 6.07) is 19.0. The van der Waals surface area contributed by atoms with Crippen LogP contribution in [-0.2, 0) is 0 Å². The van der Waals surface area contributed by atoms with Gasteiger partial charge in [-0.25, -0.2) is 4.98 Å². The van der Waals surface area contributed by atoms with Gasteiger partial charge in [0.2, 0.25) is 0 Å². The summed E-state index contributed by atoms with van der Waals surface area (Å²) in [5, 5.41) is 6.98. The van der Waals surface area contributed by atoms with Crippen molar-refractivity contribution in [3.05, 3.63) is 65.7 Å². The van der Waals surface area contributed by atoms with E-state index in [9.17, 15) is 0 Å². The minimum Gasteiger partial charge on any atom is -0.331 e. The maximum absolute atomic E-state index is 4.75. The quantitative estimate of drug-likeness (QED) is 0.505. The third-order valence-electron chi connectivity index (χ3n) is 3.99. The topological polar surface area (TPSA) is 24.9 Å². The number of anilines is 2. The summed E-state index contributed by atoms with van der Waals surface area (Å²) in [6.45, 7) is 4.25. The van der Waals surface area contributed by atoms with E-state index in [-0.39, 0.29) is 0 Å². The average molecular weight is 304 g/mol. The molecular weight excluding hydrogens is 288 g/mol. The van der Waals surface area contributed by atoms with Crippen LogP contribution in [0.2, 0.25) is 0 Å². The highest BCUT2D eigenvalue weighted by Crippen LogP contribution is 2.35. The summed E-state index contributed by atoms with van der Waals surface area (Å²) in [4.78, 5) is 4.75. The minimum absolute atomic E-state index is 0.948. The van der Waals surface area contributed by atoms with Crippen molar-refractivity contribution < 1.29 is 0 Å². The van der Waals surface area contributed by atoms with Crippen molar-refractivity contribution in [2.24, 2.45) is 0 Å². The third-order valence-corrected chi connectivity index (χ3v) is 5.01. The molecule has 0 unspecified atom stereocenters. The number of rotatable bonds is 2. The van der Waals surface area contributed by atoms with Gasteiger partial charge in [0, 0.05) is 11.1 Å². The second-order valence-corrected chi connectivity index (χ2v) is 6.54. The number of aromatic nitrogens is 1. The molecule has 1 aromatic heterocycles. The number of thiazole rings is 1. The highest BCUT2D eigenvalue weighted by molar-refractivity contribution is 7.23. The number of hydrogen-bond acceptors (Lipinski definition) is 3. The summed E-state index contributed by atoms with van der Waals surface area (Å²) in [5.74, 6) is 0. The van der Waals surface area contributed by atoms with E-state index in [4.69, 9.17) is 4.98 Å². The lowest BCUT2D eigenvalue weighted by molar-refractivity contribution is 1.34. The number of nitrogens with one attached hydrogen (secondary N) is 1. The summed E-state index contributed by atoms with van der Waals surface area (Å²) in [7, 11) is 0. The largest absolute Gasteiger partial charge is 0.331 e. The molecule has 0 spiro atoms. The molecule has 0 bridgehead atoms. The van der Waals surface area contributed by atoms with E-state index in [1.807, 2.05) is 0 Å². The SMILES string of the molecule is Cc1cccc(C)c1Nc1nc2ccc3ccccc3c2s1. The molecule has 3 aromatic carbocycles. The van der Waals surface area contributed by atoms with Gasteiger partial charge in [-0.15, -0.1) is 0 Å². The van der Waals surface area contributed by atoms with Crippen molar-refractivity contribution in [1.82, 2.24) is 4.98 Å². The van der Waals surface area contributed by atoms with E-state index in [1.54, 1.807) is 11.3 Å². The Morgan fingerprint density at radius 1 is 0.864 bits per heavy atom. The lowest BCUT2D eigenvalue weighted by Gasteiger charge is -2.09. The molecule has 0 radical (unpaired) electrons. The van der Waals surface area contributed by atoms with Gasteiger partial charge in [-0.2, -0.15) is 0 Å². The van der Waals surface area contributed by atoms with Gasteiger partial charge in [-0.3, -0.25) is 0 Å². The zero-order valence-corrected chi connectivity index (χ0v) is 13.4. The fourth-order valence-corrected chi connectivity index (χ4v) is 3.83. The third kappa shape index (κ3) is 2.14. The maximum Gasteiger partial charge on any atom is 0.188 e. The van der Waals surface area contributed by atoms with Crippen molar-refractivity contribution in [1.29, 1.82) is 0 Å². The Labute approximate surface area is 133 Å². The van der Waals surface area contributed by atoms with E-state index in [0.29, 0.717) is 0 Å². The van der Waals surface area contributed by atoms with Crippen LogP contribution in [-0.4, -0.2) is 4.98 Å². The molecule has 0 aliphatic rings. The lowest BCUT2D eigenvalue weighted by atomic mass is 10.1. The highest BCUT2D eigenvalue weighted by Gasteiger charge is 2.09. The van der Waals surface area contributed by atoms with Crippen molar-refractivity contribution >= 4 is 43.1 Å². The predicted octanol–water partition coefficient (Wildman–Crippen LogP) is 5.81. The molecule has 108 valence electrons. The molecule has 4 rings (SSSR count). The molecule has 1 N–H and O–H groups in total. The molecule has 22 heavy (non-hydrogen) atoms. The van der Waals surface area contributed by atoms with Crippen LogP contribution in [0.3, 0.4) is 0 Å². The molecule has 2 nitrogen and oxygen atoms in total. The Bertz CT molecular complexity index is 965. The van der Waals surface area contributed by atoms with Crippen molar-refractivity contribution in [3.63, 3.8) is 0 Å². The van der Waals surface area contributed by atoms with E-state index in [2.05, 4.69) is 73.8 Å². The minimum atomic E-state index is 0.948. The molecule has 0 aliphatic carbocycles. The zero-order valence-electron chi connectivity index (χ0n) is 12.6. The van der Waals surface area contributed by atoms with Crippen molar-refractivity contribution in [2.75, 3.05) is 5.32 Å². The standard InChI is InChI=1S/C19H16N2S/c1-12-6-5-7-13(2)17(12)21-19-20-16-11-10-14-8-3-4-9-15(14)18(16)22-19/h3-11H,1-2H3,(H,20,21). The fraction of sp³-hybridized carbons (Fsp3) is 0.105. The number of para-hydroxylation sites is 1. The van der Waals surface area contributed by atoms with Gasteiger partial charge in [0.05, 0.1) is 10.2 Å². The van der Waals surface area contributed by atoms with Crippen LogP contribution in [0.5, 0.6) is 0 Å². The maximum atomic E-state index is 4.75. The van der Waals surface area contributed by atoms with Crippen LogP contribution in [0.4, 0.5) is 10.8 Å². The molecule has 0 saturated heterocycles. The summed E-state index contributed by atoms with van der Waals surface area (Å²) in [5.41, 5.74) is 4.69. The van der Waals surface area contributed by atoms with Crippen molar-refractivity contribution in [2.45, 2.75) is 13.8 Å². The van der Waals surface area contributed by atoms with Crippen LogP contribution >= 0.6 is 11.3 Å².